The Hall–Kier alpha value is -6.14. The zero-order chi connectivity index (χ0) is 52.6. The average Bonchev–Trinajstić information content (AvgIpc) is 4.09. The molecule has 0 unspecified atom stereocenters. The topological polar surface area (TPSA) is 38.9 Å². The summed E-state index contributed by atoms with van der Waals surface area (Å²) in [6.45, 7) is 0. The van der Waals surface area contributed by atoms with Gasteiger partial charge in [-0.1, -0.05) is 121 Å². The summed E-state index contributed by atoms with van der Waals surface area (Å²) < 4.78 is 202. The van der Waals surface area contributed by atoms with Gasteiger partial charge in [0.05, 0.1) is 30.2 Å². The van der Waals surface area contributed by atoms with Gasteiger partial charge in [0, 0.05) is 56.9 Å². The Kier molecular flexibility index (Phi) is 3.20. The fourth-order valence-corrected chi connectivity index (χ4v) is 8.32. The van der Waals surface area contributed by atoms with Crippen LogP contribution in [0.1, 0.15) is 30.2 Å². The second-order valence-corrected chi connectivity index (χ2v) is 13.2. The molecule has 238 valence electrons. The zero-order valence-corrected chi connectivity index (χ0v) is 27.1. The molecular weight excluding hydrogens is 661 g/mol. The van der Waals surface area contributed by atoms with Gasteiger partial charge in [-0.05, 0) is 58.1 Å². The van der Waals surface area contributed by atoms with Crippen LogP contribution in [0, 0.1) is 0 Å². The number of benzene rings is 7. The molecule has 0 aliphatic heterocycles. The third-order valence-electron chi connectivity index (χ3n) is 8.41. The van der Waals surface area contributed by atoms with Crippen LogP contribution in [-0.2, 0) is 0 Å². The van der Waals surface area contributed by atoms with Gasteiger partial charge in [0.2, 0.25) is 0 Å². The van der Waals surface area contributed by atoms with Gasteiger partial charge in [0.15, 0.2) is 5.58 Å². The van der Waals surface area contributed by atoms with Crippen molar-refractivity contribution < 1.29 is 34.6 Å². The molecule has 0 aliphatic carbocycles. The molecule has 5 heteroatoms. The lowest BCUT2D eigenvalue weighted by molar-refractivity contribution is 0.668. The van der Waals surface area contributed by atoms with Crippen molar-refractivity contribution in [2.75, 3.05) is 0 Å². The maximum absolute atomic E-state index is 9.68. The van der Waals surface area contributed by atoms with Crippen LogP contribution >= 0.6 is 22.7 Å². The molecule has 0 atom stereocenters. The molecule has 51 heavy (non-hydrogen) atoms. The number of nitrogens with zero attached hydrogens (tertiary/aromatic N) is 2. The summed E-state index contributed by atoms with van der Waals surface area (Å²) in [6, 6.07) is -8.89. The molecule has 11 rings (SSSR count). The highest BCUT2D eigenvalue weighted by Crippen LogP contribution is 2.44. The first-order valence-electron chi connectivity index (χ1n) is 26.2. The number of rotatable bonds is 4. The summed E-state index contributed by atoms with van der Waals surface area (Å²) >= 11 is 1.53. The van der Waals surface area contributed by atoms with Crippen molar-refractivity contribution in [2.24, 2.45) is 0 Å². The molecule has 0 saturated heterocycles. The normalized spacial score (nSPS) is 18.0. The molecule has 11 aromatic rings. The van der Waals surface area contributed by atoms with Crippen molar-refractivity contribution in [3.63, 3.8) is 0 Å². The van der Waals surface area contributed by atoms with Gasteiger partial charge in [-0.3, -0.25) is 0 Å². The van der Waals surface area contributed by atoms with Crippen LogP contribution < -0.4 is 0 Å². The Bertz CT molecular complexity index is 4150. The lowest BCUT2D eigenvalue weighted by atomic mass is 9.97. The van der Waals surface area contributed by atoms with Crippen LogP contribution in [0.5, 0.6) is 0 Å². The van der Waals surface area contributed by atoms with Gasteiger partial charge in [-0.25, -0.2) is 9.97 Å². The minimum absolute atomic E-state index is 0.00228. The molecule has 7 aromatic carbocycles. The van der Waals surface area contributed by atoms with Gasteiger partial charge >= 0.3 is 0 Å². The third-order valence-corrected chi connectivity index (χ3v) is 10.7. The van der Waals surface area contributed by atoms with Crippen molar-refractivity contribution >= 4 is 85.1 Å². The molecule has 0 saturated carbocycles. The van der Waals surface area contributed by atoms with Gasteiger partial charge in [-0.2, -0.15) is 0 Å². The standard InChI is InChI=1S/C46H26N2OS2/c1-3-22-39-34(14-1)36-19-8-17-32(45(36)50-39)28-11-5-10-27(24-28)31-16-7-21-38-42-44(49-43(31)38)41(47-26-48-42)30-13-6-12-29(25-30)33-18-9-20-37-35-15-2-4-23-40(35)51-46(33)37/h1-26H/i1D,2D,3D,4D,5D,6D,8D,9D,10D,11D,12D,13D,14D,15D,17D,18D,19D,20D,22D,23D,24D,25D. The van der Waals surface area contributed by atoms with Crippen LogP contribution in [0.2, 0.25) is 0 Å². The van der Waals surface area contributed by atoms with Crippen molar-refractivity contribution in [1.82, 2.24) is 9.97 Å². The second kappa shape index (κ2) is 11.2. The van der Waals surface area contributed by atoms with Crippen LogP contribution in [-0.4, -0.2) is 9.97 Å². The van der Waals surface area contributed by atoms with Crippen LogP contribution in [0.25, 0.3) is 107 Å². The van der Waals surface area contributed by atoms with E-state index < -0.39 is 150 Å². The largest absolute Gasteiger partial charge is 0.451 e. The minimum atomic E-state index is -0.749. The van der Waals surface area contributed by atoms with Crippen molar-refractivity contribution in [3.05, 3.63) is 157 Å². The number of hydrogen-bond acceptors (Lipinski definition) is 5. The Morgan fingerprint density at radius 1 is 0.471 bits per heavy atom. The van der Waals surface area contributed by atoms with E-state index in [1.165, 1.54) is 12.1 Å². The highest BCUT2D eigenvalue weighted by atomic mass is 32.1. The lowest BCUT2D eigenvalue weighted by Gasteiger charge is -2.08. The molecule has 0 fully saturated rings. The Balaban J connectivity index is 1.18. The van der Waals surface area contributed by atoms with Crippen LogP contribution in [0.15, 0.2) is 162 Å². The number of hydrogen-bond donors (Lipinski definition) is 0. The van der Waals surface area contributed by atoms with Gasteiger partial charge in [0.25, 0.3) is 0 Å². The summed E-state index contributed by atoms with van der Waals surface area (Å²) in [5.41, 5.74) is -2.65. The Morgan fingerprint density at radius 2 is 1.02 bits per heavy atom. The second-order valence-electron chi connectivity index (χ2n) is 11.2. The first kappa shape index (κ1) is 14.6. The molecule has 4 aromatic heterocycles. The Morgan fingerprint density at radius 3 is 1.69 bits per heavy atom. The number of furan rings is 1. The molecule has 0 N–H and O–H groups in total. The van der Waals surface area contributed by atoms with E-state index in [0.717, 1.165) is 29.0 Å². The van der Waals surface area contributed by atoms with E-state index in [9.17, 15) is 2.74 Å². The van der Waals surface area contributed by atoms with E-state index in [1.807, 2.05) is 0 Å². The predicted molar refractivity (Wildman–Crippen MR) is 217 cm³/mol. The van der Waals surface area contributed by atoms with E-state index in [1.54, 1.807) is 6.07 Å². The number of thiophene rings is 2. The number of aromatic nitrogens is 2. The van der Waals surface area contributed by atoms with E-state index >= 15 is 0 Å². The van der Waals surface area contributed by atoms with Crippen LogP contribution in [0.4, 0.5) is 0 Å². The average molecular weight is 709 g/mol. The van der Waals surface area contributed by atoms with Crippen molar-refractivity contribution in [1.29, 1.82) is 0 Å². The molecule has 0 aliphatic rings. The van der Waals surface area contributed by atoms with E-state index in [4.69, 9.17) is 31.8 Å². The van der Waals surface area contributed by atoms with Crippen molar-refractivity contribution in [3.8, 4) is 44.6 Å². The van der Waals surface area contributed by atoms with Crippen LogP contribution in [0.3, 0.4) is 0 Å². The monoisotopic (exact) mass is 708 g/mol. The molecular formula is C46H26N2OS2. The molecule has 4 heterocycles. The SMILES string of the molecule is [2H]c1c([2H])c(-c2cccc3c2oc2c(-c4c([2H])c([2H])c([2H])c(-c5c([2H])c([2H])c([2H])c6c5sc5c([2H])c([2H])c([2H])c([2H])c56)c4[2H])ncnc23)c([2H])c(-c2c([2H])c([2H])c([2H])c3c2sc2c([2H])c([2H])c([2H])c([2H])c23)c1[2H]. The van der Waals surface area contributed by atoms with Crippen molar-refractivity contribution in [2.45, 2.75) is 0 Å². The van der Waals surface area contributed by atoms with Gasteiger partial charge in [-0.15, -0.1) is 22.7 Å². The summed E-state index contributed by atoms with van der Waals surface area (Å²) in [6.07, 6.45) is 1.08. The number of para-hydroxylation sites is 1. The maximum Gasteiger partial charge on any atom is 0.180 e. The molecule has 0 amide bonds. The molecule has 0 spiro atoms. The van der Waals surface area contributed by atoms with E-state index in [2.05, 4.69) is 9.97 Å². The maximum atomic E-state index is 9.68. The summed E-state index contributed by atoms with van der Waals surface area (Å²) in [4.78, 5) is 8.80. The quantitative estimate of drug-likeness (QED) is 0.183. The first-order chi connectivity index (χ1) is 34.5. The minimum Gasteiger partial charge on any atom is -0.451 e. The third kappa shape index (κ3) is 4.42. The smallest absolute Gasteiger partial charge is 0.180 e. The zero-order valence-electron chi connectivity index (χ0n) is 47.4. The highest BCUT2D eigenvalue weighted by Gasteiger charge is 2.19. The lowest BCUT2D eigenvalue weighted by Crippen LogP contribution is -1.87. The van der Waals surface area contributed by atoms with E-state index in [0.29, 0.717) is 0 Å². The summed E-state index contributed by atoms with van der Waals surface area (Å²) in [5, 5.41) is -0.232. The highest BCUT2D eigenvalue weighted by molar-refractivity contribution is 7.26. The Labute approximate surface area is 331 Å². The fraction of sp³-hybridized carbons (Fsp3) is 0. The summed E-state index contributed by atoms with van der Waals surface area (Å²) in [5.74, 6) is 0. The fourth-order valence-electron chi connectivity index (χ4n) is 6.17. The van der Waals surface area contributed by atoms with Gasteiger partial charge in [0.1, 0.15) is 23.1 Å². The molecule has 0 bridgehead atoms. The molecule has 3 nitrogen and oxygen atoms in total. The first-order valence-corrected chi connectivity index (χ1v) is 16.8. The molecule has 0 radical (unpaired) electrons. The predicted octanol–water partition coefficient (Wildman–Crippen LogP) is 13.8. The van der Waals surface area contributed by atoms with Gasteiger partial charge < -0.3 is 4.42 Å². The summed E-state index contributed by atoms with van der Waals surface area (Å²) in [7, 11) is 0. The number of fused-ring (bicyclic) bond motifs is 9. The van der Waals surface area contributed by atoms with E-state index in [-0.39, 0.29) is 90.4 Å².